The van der Waals surface area contributed by atoms with Crippen molar-refractivity contribution in [3.8, 4) is 0 Å². The number of quaternary nitrogens is 1. The van der Waals surface area contributed by atoms with Crippen LogP contribution in [0.4, 0.5) is 0 Å². The fourth-order valence-corrected chi connectivity index (χ4v) is 2.57. The molecule has 1 heterocycles. The van der Waals surface area contributed by atoms with Gasteiger partial charge in [-0.1, -0.05) is 0 Å². The Kier molecular flexibility index (Phi) is 2.86. The van der Waals surface area contributed by atoms with Crippen LogP contribution >= 0.6 is 0 Å². The number of ether oxygens (including phenoxy) is 1. The number of rotatable bonds is 2. The molecular formula is C6H13NO3S. The van der Waals surface area contributed by atoms with E-state index in [4.69, 9.17) is 4.74 Å². The van der Waals surface area contributed by atoms with Crippen molar-refractivity contribution in [3.63, 3.8) is 0 Å². The van der Waals surface area contributed by atoms with Gasteiger partial charge in [0.25, 0.3) is 0 Å². The van der Waals surface area contributed by atoms with Crippen LogP contribution in [0.1, 0.15) is 0 Å². The van der Waals surface area contributed by atoms with E-state index >= 15 is 0 Å². The van der Waals surface area contributed by atoms with Crippen LogP contribution < -0.4 is 5.32 Å². The molecule has 0 spiro atoms. The molecular weight excluding hydrogens is 166 g/mol. The molecule has 2 N–H and O–H groups in total. The average molecular weight is 179 g/mol. The highest BCUT2D eigenvalue weighted by molar-refractivity contribution is 7.91. The first-order chi connectivity index (χ1) is 5.14. The molecule has 4 nitrogen and oxygen atoms in total. The van der Waals surface area contributed by atoms with Crippen molar-refractivity contribution >= 4 is 9.84 Å². The van der Waals surface area contributed by atoms with Gasteiger partial charge < -0.3 is 10.1 Å². The predicted octanol–water partition coefficient (Wildman–Crippen LogP) is -1.64. The van der Waals surface area contributed by atoms with E-state index in [1.807, 2.05) is 0 Å². The molecule has 0 aromatic heterocycles. The third-order valence-corrected chi connectivity index (χ3v) is 3.11. The lowest BCUT2D eigenvalue weighted by molar-refractivity contribution is -0.602. The smallest absolute Gasteiger partial charge is 0.174 e. The Morgan fingerprint density at radius 1 is 1.64 bits per heavy atom. The Labute approximate surface area is 66.8 Å². The molecule has 0 aliphatic carbocycles. The molecule has 0 aromatic carbocycles. The second-order valence-corrected chi connectivity index (χ2v) is 4.85. The van der Waals surface area contributed by atoms with Gasteiger partial charge in [0, 0.05) is 5.92 Å². The van der Waals surface area contributed by atoms with E-state index in [1.54, 1.807) is 5.32 Å². The summed E-state index contributed by atoms with van der Waals surface area (Å²) in [5.74, 6) is 0.255. The van der Waals surface area contributed by atoms with E-state index in [2.05, 4.69) is 7.05 Å². The quantitative estimate of drug-likeness (QED) is 0.517. The lowest BCUT2D eigenvalue weighted by Gasteiger charge is -2.21. The van der Waals surface area contributed by atoms with Crippen molar-refractivity contribution < 1.29 is 18.5 Å². The molecule has 5 heteroatoms. The van der Waals surface area contributed by atoms with Gasteiger partial charge in [-0.3, -0.25) is 0 Å². The summed E-state index contributed by atoms with van der Waals surface area (Å²) in [7, 11) is 0.628. The van der Waals surface area contributed by atoms with Gasteiger partial charge in [0.15, 0.2) is 9.84 Å². The summed E-state index contributed by atoms with van der Waals surface area (Å²) in [5, 5.41) is 1.73. The third-order valence-electron chi connectivity index (χ3n) is 1.61. The van der Waals surface area contributed by atoms with Gasteiger partial charge in [-0.15, -0.1) is 0 Å². The first-order valence-corrected chi connectivity index (χ1v) is 5.35. The van der Waals surface area contributed by atoms with Crippen LogP contribution in [0.25, 0.3) is 0 Å². The summed E-state index contributed by atoms with van der Waals surface area (Å²) >= 11 is 0. The van der Waals surface area contributed by atoms with E-state index < -0.39 is 9.84 Å². The van der Waals surface area contributed by atoms with E-state index in [0.29, 0.717) is 6.61 Å². The fourth-order valence-electron chi connectivity index (χ4n) is 1.17. The number of sulfone groups is 1. The summed E-state index contributed by atoms with van der Waals surface area (Å²) in [6.07, 6.45) is 0. The first kappa shape index (κ1) is 8.96. The van der Waals surface area contributed by atoms with Gasteiger partial charge in [-0.05, 0) is 0 Å². The number of hydrogen-bond acceptors (Lipinski definition) is 3. The highest BCUT2D eigenvalue weighted by atomic mass is 32.2. The molecule has 0 radical (unpaired) electrons. The summed E-state index contributed by atoms with van der Waals surface area (Å²) in [6, 6.07) is 0. The minimum absolute atomic E-state index is 0.110. The van der Waals surface area contributed by atoms with Crippen LogP contribution in [0.3, 0.4) is 0 Å². The van der Waals surface area contributed by atoms with Crippen LogP contribution in [-0.2, 0) is 14.6 Å². The zero-order valence-electron chi connectivity index (χ0n) is 6.32. The summed E-state index contributed by atoms with van der Waals surface area (Å²) in [6.45, 7) is 1.27. The largest absolute Gasteiger partial charge is 0.479 e. The molecule has 1 fully saturated rings. The lowest BCUT2D eigenvalue weighted by Crippen LogP contribution is -2.79. The Balaban J connectivity index is 2.47. The monoisotopic (exact) mass is 179 g/mol. The number of hydrogen-bond donors (Lipinski definition) is 1. The topological polar surface area (TPSA) is 60.0 Å². The maximum atomic E-state index is 11.0. The summed E-state index contributed by atoms with van der Waals surface area (Å²) < 4.78 is 26.9. The highest BCUT2D eigenvalue weighted by Crippen LogP contribution is 2.08. The van der Waals surface area contributed by atoms with Gasteiger partial charge in [0.1, 0.15) is 5.94 Å². The summed E-state index contributed by atoms with van der Waals surface area (Å²) in [4.78, 5) is 0. The van der Waals surface area contributed by atoms with Gasteiger partial charge in [-0.2, -0.15) is 7.05 Å². The van der Waals surface area contributed by atoms with Gasteiger partial charge in [-0.25, -0.2) is 8.42 Å². The summed E-state index contributed by atoms with van der Waals surface area (Å²) in [5.41, 5.74) is 0. The average Bonchev–Trinajstić information content (AvgIpc) is 1.85. The second-order valence-electron chi connectivity index (χ2n) is 2.79. The molecule has 66 valence electrons. The number of nitrogens with two attached hydrogens (primary N) is 1. The minimum Gasteiger partial charge on any atom is -0.479 e. The fraction of sp³-hybridized carbons (Fsp3) is 0.833. The molecule has 1 atom stereocenters. The van der Waals surface area contributed by atoms with E-state index in [1.165, 1.54) is 0 Å². The van der Waals surface area contributed by atoms with Crippen molar-refractivity contribution in [1.29, 1.82) is 0 Å². The maximum Gasteiger partial charge on any atom is 0.174 e. The Hall–Kier alpha value is -0.130. The predicted molar refractivity (Wildman–Crippen MR) is 40.2 cm³/mol. The zero-order valence-corrected chi connectivity index (χ0v) is 7.14. The minimum atomic E-state index is -2.92. The van der Waals surface area contributed by atoms with Crippen molar-refractivity contribution in [2.24, 2.45) is 5.92 Å². The van der Waals surface area contributed by atoms with E-state index in [-0.39, 0.29) is 17.6 Å². The van der Waals surface area contributed by atoms with Crippen molar-refractivity contribution in [1.82, 2.24) is 0 Å². The Bertz CT molecular complexity index is 210. The van der Waals surface area contributed by atoms with Crippen LogP contribution in [0.15, 0.2) is 0 Å². The molecule has 1 rings (SSSR count). The zero-order chi connectivity index (χ0) is 8.32. The molecule has 0 bridgehead atoms. The SMILES string of the molecule is [CH2-][NH2+]CC1COCS(=O)(=O)C1. The van der Waals surface area contributed by atoms with Gasteiger partial charge in [0.2, 0.25) is 0 Å². The molecule has 0 amide bonds. The molecule has 11 heavy (non-hydrogen) atoms. The van der Waals surface area contributed by atoms with Crippen molar-refractivity contribution in [2.45, 2.75) is 0 Å². The second kappa shape index (κ2) is 3.51. The Morgan fingerprint density at radius 2 is 2.36 bits per heavy atom. The van der Waals surface area contributed by atoms with Crippen molar-refractivity contribution in [2.75, 3.05) is 24.8 Å². The lowest BCUT2D eigenvalue weighted by atomic mass is 10.2. The van der Waals surface area contributed by atoms with E-state index in [9.17, 15) is 8.42 Å². The van der Waals surface area contributed by atoms with Crippen molar-refractivity contribution in [3.05, 3.63) is 7.05 Å². The molecule has 1 aliphatic heterocycles. The maximum absolute atomic E-state index is 11.0. The molecule has 1 aliphatic rings. The van der Waals surface area contributed by atoms with Crippen LogP contribution in [0.5, 0.6) is 0 Å². The molecule has 0 saturated carbocycles. The molecule has 1 saturated heterocycles. The van der Waals surface area contributed by atoms with E-state index in [0.717, 1.165) is 6.54 Å². The molecule has 0 aromatic rings. The van der Waals surface area contributed by atoms with Crippen LogP contribution in [0, 0.1) is 13.0 Å². The van der Waals surface area contributed by atoms with Crippen LogP contribution in [-0.4, -0.2) is 33.3 Å². The Morgan fingerprint density at radius 3 is 2.91 bits per heavy atom. The van der Waals surface area contributed by atoms with Gasteiger partial charge in [0.05, 0.1) is 18.9 Å². The van der Waals surface area contributed by atoms with Gasteiger partial charge >= 0.3 is 0 Å². The molecule has 1 unspecified atom stereocenters. The third kappa shape index (κ3) is 2.76. The highest BCUT2D eigenvalue weighted by Gasteiger charge is 2.25. The first-order valence-electron chi connectivity index (χ1n) is 3.53. The standard InChI is InChI=1S/C6H13NO3S/c1-7-2-6-3-10-5-11(8,9)4-6/h6H,1-5,7H2. The van der Waals surface area contributed by atoms with Crippen LogP contribution in [0.2, 0.25) is 0 Å². The normalized spacial score (nSPS) is 30.1.